The third kappa shape index (κ3) is 13.5. The topological polar surface area (TPSA) is 3.24 Å². The van der Waals surface area contributed by atoms with E-state index in [1.54, 1.807) is 0 Å². The summed E-state index contributed by atoms with van der Waals surface area (Å²) < 4.78 is 0. The number of unbranched alkanes of at least 4 members (excludes halogenated alkanes) is 12. The fourth-order valence-electron chi connectivity index (χ4n) is 3.24. The quantitative estimate of drug-likeness (QED) is 0.210. The van der Waals surface area contributed by atoms with Crippen molar-refractivity contribution in [1.29, 1.82) is 0 Å². The minimum Gasteiger partial charge on any atom is -0.374 e. The first-order valence-electron chi connectivity index (χ1n) is 10.7. The van der Waals surface area contributed by atoms with E-state index in [1.807, 2.05) is 0 Å². The van der Waals surface area contributed by atoms with Gasteiger partial charge in [0.15, 0.2) is 0 Å². The van der Waals surface area contributed by atoms with Crippen molar-refractivity contribution in [3.05, 3.63) is 36.6 Å². The van der Waals surface area contributed by atoms with Gasteiger partial charge in [0, 0.05) is 13.1 Å². The van der Waals surface area contributed by atoms with E-state index in [9.17, 15) is 0 Å². The number of nitrogens with zero attached hydrogens (tertiary/aromatic N) is 1. The number of rotatable bonds is 16. The molecule has 0 aromatic heterocycles. The van der Waals surface area contributed by atoms with Gasteiger partial charge in [0.05, 0.1) is 0 Å². The van der Waals surface area contributed by atoms with Gasteiger partial charge in [-0.05, 0) is 44.4 Å². The lowest BCUT2D eigenvalue weighted by Gasteiger charge is -2.20. The minimum atomic E-state index is 1.10. The molecule has 138 valence electrons. The third-order valence-electron chi connectivity index (χ3n) is 4.84. The molecular formula is C23H41N. The van der Waals surface area contributed by atoms with Crippen molar-refractivity contribution in [3.8, 4) is 0 Å². The smallest absolute Gasteiger partial charge is 0.0357 e. The van der Waals surface area contributed by atoms with E-state index in [2.05, 4.69) is 48.4 Å². The molecule has 0 atom stereocenters. The zero-order valence-electron chi connectivity index (χ0n) is 16.2. The first kappa shape index (κ1) is 21.1. The molecule has 0 aliphatic carbocycles. The van der Waals surface area contributed by atoms with Gasteiger partial charge in [0.1, 0.15) is 0 Å². The fourth-order valence-corrected chi connectivity index (χ4v) is 3.24. The maximum Gasteiger partial charge on any atom is 0.0357 e. The molecule has 0 aromatic carbocycles. The maximum atomic E-state index is 2.42. The van der Waals surface area contributed by atoms with Crippen LogP contribution in [0.1, 0.15) is 96.8 Å². The molecule has 24 heavy (non-hydrogen) atoms. The van der Waals surface area contributed by atoms with Crippen molar-refractivity contribution in [2.45, 2.75) is 96.8 Å². The van der Waals surface area contributed by atoms with Crippen molar-refractivity contribution < 1.29 is 0 Å². The highest BCUT2D eigenvalue weighted by atomic mass is 15.1. The molecule has 1 heteroatoms. The molecule has 1 nitrogen and oxygen atoms in total. The van der Waals surface area contributed by atoms with E-state index in [0.29, 0.717) is 0 Å². The van der Waals surface area contributed by atoms with E-state index >= 15 is 0 Å². The molecule has 0 saturated heterocycles. The summed E-state index contributed by atoms with van der Waals surface area (Å²) in [4.78, 5) is 2.41. The second-order valence-corrected chi connectivity index (χ2v) is 7.20. The zero-order valence-corrected chi connectivity index (χ0v) is 16.2. The summed E-state index contributed by atoms with van der Waals surface area (Å²) in [5, 5.41) is 0. The normalized spacial score (nSPS) is 14.1. The van der Waals surface area contributed by atoms with Gasteiger partial charge in [-0.3, -0.25) is 0 Å². The molecule has 0 bridgehead atoms. The number of hydrogen-bond acceptors (Lipinski definition) is 1. The Kier molecular flexibility index (Phi) is 14.8. The molecule has 1 rings (SSSR count). The molecule has 0 radical (unpaired) electrons. The van der Waals surface area contributed by atoms with Gasteiger partial charge in [-0.15, -0.1) is 0 Å². The molecule has 0 N–H and O–H groups in total. The molecule has 0 fully saturated rings. The summed E-state index contributed by atoms with van der Waals surface area (Å²) >= 11 is 0. The lowest BCUT2D eigenvalue weighted by Crippen LogP contribution is -2.19. The van der Waals surface area contributed by atoms with Crippen molar-refractivity contribution in [1.82, 2.24) is 4.90 Å². The highest BCUT2D eigenvalue weighted by molar-refractivity contribution is 5.08. The molecule has 1 aliphatic rings. The van der Waals surface area contributed by atoms with Crippen LogP contribution in [0.4, 0.5) is 0 Å². The fraction of sp³-hybridized carbons (Fsp3) is 0.739. The summed E-state index contributed by atoms with van der Waals surface area (Å²) in [6, 6.07) is 0. The van der Waals surface area contributed by atoms with Crippen LogP contribution in [0.15, 0.2) is 36.6 Å². The van der Waals surface area contributed by atoms with Crippen molar-refractivity contribution in [2.75, 3.05) is 13.1 Å². The van der Waals surface area contributed by atoms with Gasteiger partial charge in [-0.2, -0.15) is 0 Å². The molecule has 0 unspecified atom stereocenters. The minimum absolute atomic E-state index is 1.10. The van der Waals surface area contributed by atoms with Gasteiger partial charge in [-0.25, -0.2) is 0 Å². The maximum absolute atomic E-state index is 2.42. The predicted molar refractivity (Wildman–Crippen MR) is 109 cm³/mol. The largest absolute Gasteiger partial charge is 0.374 e. The van der Waals surface area contributed by atoms with E-state index in [-0.39, 0.29) is 0 Å². The highest BCUT2D eigenvalue weighted by Gasteiger charge is 1.98. The Labute approximate surface area is 151 Å². The van der Waals surface area contributed by atoms with Gasteiger partial charge >= 0.3 is 0 Å². The first-order valence-corrected chi connectivity index (χ1v) is 10.7. The summed E-state index contributed by atoms with van der Waals surface area (Å²) in [7, 11) is 0. The van der Waals surface area contributed by atoms with Crippen LogP contribution in [-0.2, 0) is 0 Å². The zero-order chi connectivity index (χ0) is 17.1. The van der Waals surface area contributed by atoms with Gasteiger partial charge in [-0.1, -0.05) is 89.0 Å². The van der Waals surface area contributed by atoms with Gasteiger partial charge < -0.3 is 4.90 Å². The Balaban J connectivity index is 1.73. The Morgan fingerprint density at radius 2 is 1.29 bits per heavy atom. The Bertz CT molecular complexity index is 340. The van der Waals surface area contributed by atoms with E-state index in [4.69, 9.17) is 0 Å². The van der Waals surface area contributed by atoms with E-state index in [0.717, 1.165) is 6.54 Å². The summed E-state index contributed by atoms with van der Waals surface area (Å²) in [5.41, 5.74) is 0. The molecule has 0 spiro atoms. The Hall–Kier alpha value is -0.980. The standard InChI is InChI=1S/C23H41N/c1-2-3-4-5-6-7-8-9-10-11-12-13-14-15-16-18-21-24-22-19-17-20-23-24/h9-10,17,19-20,22H,2-8,11-16,18,21,23H2,1H3/b10-9-. The van der Waals surface area contributed by atoms with Crippen LogP contribution in [0.3, 0.4) is 0 Å². The van der Waals surface area contributed by atoms with Crippen LogP contribution in [0.5, 0.6) is 0 Å². The van der Waals surface area contributed by atoms with Crippen LogP contribution in [-0.4, -0.2) is 18.0 Å². The van der Waals surface area contributed by atoms with Crippen LogP contribution in [0, 0.1) is 0 Å². The molecule has 1 aliphatic heterocycles. The van der Waals surface area contributed by atoms with Crippen LogP contribution in [0.25, 0.3) is 0 Å². The molecule has 1 heterocycles. The van der Waals surface area contributed by atoms with Crippen molar-refractivity contribution in [3.63, 3.8) is 0 Å². The summed E-state index contributed by atoms with van der Waals surface area (Å²) in [5.74, 6) is 0. The number of allylic oxidation sites excluding steroid dienone is 4. The molecule has 0 aromatic rings. The van der Waals surface area contributed by atoms with Crippen LogP contribution in [0.2, 0.25) is 0 Å². The second kappa shape index (κ2) is 16.9. The number of hydrogen-bond donors (Lipinski definition) is 0. The first-order chi connectivity index (χ1) is 11.9. The third-order valence-corrected chi connectivity index (χ3v) is 4.84. The summed E-state index contributed by atoms with van der Waals surface area (Å²) in [6.45, 7) is 4.61. The van der Waals surface area contributed by atoms with Gasteiger partial charge in [0.25, 0.3) is 0 Å². The Morgan fingerprint density at radius 1 is 0.708 bits per heavy atom. The predicted octanol–water partition coefficient (Wildman–Crippen LogP) is 7.41. The van der Waals surface area contributed by atoms with E-state index in [1.165, 1.54) is 96.4 Å². The lowest BCUT2D eigenvalue weighted by molar-refractivity contribution is 0.392. The highest BCUT2D eigenvalue weighted by Crippen LogP contribution is 2.10. The molecule has 0 saturated carbocycles. The van der Waals surface area contributed by atoms with Gasteiger partial charge in [0.2, 0.25) is 0 Å². The SMILES string of the molecule is CCCCCCCC/C=C\CCCCCCCCN1C=CC=CC1. The van der Waals surface area contributed by atoms with Crippen molar-refractivity contribution >= 4 is 0 Å². The average Bonchev–Trinajstić information content (AvgIpc) is 2.62. The second-order valence-electron chi connectivity index (χ2n) is 7.20. The van der Waals surface area contributed by atoms with E-state index < -0.39 is 0 Å². The van der Waals surface area contributed by atoms with Crippen LogP contribution >= 0.6 is 0 Å². The molecular weight excluding hydrogens is 290 g/mol. The monoisotopic (exact) mass is 331 g/mol. The average molecular weight is 332 g/mol. The van der Waals surface area contributed by atoms with Crippen molar-refractivity contribution in [2.24, 2.45) is 0 Å². The summed E-state index contributed by atoms with van der Waals surface area (Å²) in [6.07, 6.45) is 33.0. The molecule has 0 amide bonds. The lowest BCUT2D eigenvalue weighted by atomic mass is 10.1. The van der Waals surface area contributed by atoms with Crippen LogP contribution < -0.4 is 0 Å². The Morgan fingerprint density at radius 3 is 1.88 bits per heavy atom.